The Morgan fingerprint density at radius 3 is 2.53 bits per heavy atom. The Bertz CT molecular complexity index is 1320. The summed E-state index contributed by atoms with van der Waals surface area (Å²) in [5.41, 5.74) is 5.14. The molecule has 0 atom stereocenters. The Balaban J connectivity index is 1.53. The van der Waals surface area contributed by atoms with Crippen LogP contribution in [0.25, 0.3) is 21.7 Å². The third-order valence-electron chi connectivity index (χ3n) is 4.65. The van der Waals surface area contributed by atoms with E-state index < -0.39 is 15.9 Å². The van der Waals surface area contributed by atoms with E-state index in [0.717, 1.165) is 33.8 Å². The number of rotatable bonds is 6. The third-order valence-corrected chi connectivity index (χ3v) is 6.99. The zero-order chi connectivity index (χ0) is 21.3. The molecule has 2 aromatic carbocycles. The SMILES string of the molecule is CCn1c(-c2ccc(C(=O)NNS(=O)(=O)c3ccc(C)cc3)s2)nc2ccccc21. The molecule has 0 unspecified atom stereocenters. The van der Waals surface area contributed by atoms with Gasteiger partial charge < -0.3 is 4.57 Å². The number of benzene rings is 2. The van der Waals surface area contributed by atoms with E-state index in [-0.39, 0.29) is 4.90 Å². The van der Waals surface area contributed by atoms with E-state index in [2.05, 4.69) is 19.8 Å². The van der Waals surface area contributed by atoms with E-state index in [1.54, 1.807) is 18.2 Å². The van der Waals surface area contributed by atoms with Gasteiger partial charge in [0.2, 0.25) is 0 Å². The second kappa shape index (κ2) is 8.02. The number of hydrazine groups is 1. The van der Waals surface area contributed by atoms with Crippen molar-refractivity contribution >= 4 is 38.3 Å². The van der Waals surface area contributed by atoms with Crippen LogP contribution in [0.4, 0.5) is 0 Å². The van der Waals surface area contributed by atoms with Crippen LogP contribution in [0.1, 0.15) is 22.2 Å². The predicted molar refractivity (Wildman–Crippen MR) is 118 cm³/mol. The highest BCUT2D eigenvalue weighted by atomic mass is 32.2. The number of hydrogen-bond acceptors (Lipinski definition) is 5. The topological polar surface area (TPSA) is 93.1 Å². The first kappa shape index (κ1) is 20.3. The molecule has 0 radical (unpaired) electrons. The smallest absolute Gasteiger partial charge is 0.276 e. The number of carbonyl (C=O) groups excluding carboxylic acids is 1. The number of imidazole rings is 1. The lowest BCUT2D eigenvalue weighted by Crippen LogP contribution is -2.41. The zero-order valence-corrected chi connectivity index (χ0v) is 18.0. The number of amides is 1. The van der Waals surface area contributed by atoms with Gasteiger partial charge in [-0.3, -0.25) is 10.2 Å². The molecule has 0 saturated heterocycles. The summed E-state index contributed by atoms with van der Waals surface area (Å²) in [5.74, 6) is 0.254. The van der Waals surface area contributed by atoms with Crippen molar-refractivity contribution in [3.8, 4) is 10.7 Å². The fourth-order valence-electron chi connectivity index (χ4n) is 3.12. The highest BCUT2D eigenvalue weighted by Gasteiger charge is 2.18. The Labute approximate surface area is 178 Å². The number of aromatic nitrogens is 2. The molecule has 0 bridgehead atoms. The van der Waals surface area contributed by atoms with Crippen LogP contribution in [0.5, 0.6) is 0 Å². The number of nitrogens with zero attached hydrogens (tertiary/aromatic N) is 2. The van der Waals surface area contributed by atoms with Crippen molar-refractivity contribution in [2.45, 2.75) is 25.3 Å². The standard InChI is InChI=1S/C21H20N4O3S2/c1-3-25-17-7-5-4-6-16(17)22-20(25)18-12-13-19(29-18)21(26)23-24-30(27,28)15-10-8-14(2)9-11-15/h4-13,24H,3H2,1-2H3,(H,23,26). The molecule has 2 heterocycles. The number of nitrogens with one attached hydrogen (secondary N) is 2. The van der Waals surface area contributed by atoms with Crippen LogP contribution in [0.15, 0.2) is 65.6 Å². The van der Waals surface area contributed by atoms with Crippen LogP contribution >= 0.6 is 11.3 Å². The van der Waals surface area contributed by atoms with Gasteiger partial charge in [-0.1, -0.05) is 29.8 Å². The van der Waals surface area contributed by atoms with Crippen LogP contribution < -0.4 is 10.3 Å². The highest BCUT2D eigenvalue weighted by molar-refractivity contribution is 7.89. The molecule has 0 aliphatic carbocycles. The lowest BCUT2D eigenvalue weighted by atomic mass is 10.2. The van der Waals surface area contributed by atoms with E-state index in [0.29, 0.717) is 4.88 Å². The van der Waals surface area contributed by atoms with Gasteiger partial charge in [-0.15, -0.1) is 16.2 Å². The van der Waals surface area contributed by atoms with Gasteiger partial charge in [0.05, 0.1) is 25.7 Å². The van der Waals surface area contributed by atoms with Crippen molar-refractivity contribution in [2.24, 2.45) is 0 Å². The van der Waals surface area contributed by atoms with E-state index in [4.69, 9.17) is 0 Å². The number of para-hydroxylation sites is 2. The number of sulfonamides is 1. The third kappa shape index (κ3) is 3.87. The number of aryl methyl sites for hydroxylation is 2. The van der Waals surface area contributed by atoms with Crippen molar-refractivity contribution in [2.75, 3.05) is 0 Å². The lowest BCUT2D eigenvalue weighted by molar-refractivity contribution is 0.0949. The van der Waals surface area contributed by atoms with Gasteiger partial charge in [0.1, 0.15) is 0 Å². The lowest BCUT2D eigenvalue weighted by Gasteiger charge is -2.08. The van der Waals surface area contributed by atoms with Crippen LogP contribution in [-0.4, -0.2) is 23.9 Å². The minimum Gasteiger partial charge on any atom is -0.324 e. The quantitative estimate of drug-likeness (QED) is 0.447. The minimum absolute atomic E-state index is 0.0805. The summed E-state index contributed by atoms with van der Waals surface area (Å²) in [5, 5.41) is 0. The fourth-order valence-corrected chi connectivity index (χ4v) is 4.85. The van der Waals surface area contributed by atoms with Gasteiger partial charge in [-0.25, -0.2) is 13.4 Å². The Morgan fingerprint density at radius 1 is 1.07 bits per heavy atom. The first-order valence-corrected chi connectivity index (χ1v) is 11.6. The predicted octanol–water partition coefficient (Wildman–Crippen LogP) is 3.72. The second-order valence-corrected chi connectivity index (χ2v) is 9.47. The summed E-state index contributed by atoms with van der Waals surface area (Å²) in [7, 11) is -3.85. The molecule has 1 amide bonds. The summed E-state index contributed by atoms with van der Waals surface area (Å²) in [6, 6.07) is 17.7. The molecule has 30 heavy (non-hydrogen) atoms. The summed E-state index contributed by atoms with van der Waals surface area (Å²) in [6.45, 7) is 4.65. The Morgan fingerprint density at radius 2 is 1.80 bits per heavy atom. The van der Waals surface area contributed by atoms with Crippen molar-refractivity contribution in [1.82, 2.24) is 19.8 Å². The van der Waals surface area contributed by atoms with Gasteiger partial charge >= 0.3 is 0 Å². The summed E-state index contributed by atoms with van der Waals surface area (Å²) in [6.07, 6.45) is 0. The molecule has 0 aliphatic rings. The van der Waals surface area contributed by atoms with Crippen molar-refractivity contribution in [3.05, 3.63) is 71.1 Å². The molecule has 4 rings (SSSR count). The molecule has 154 valence electrons. The van der Waals surface area contributed by atoms with E-state index in [1.165, 1.54) is 23.5 Å². The van der Waals surface area contributed by atoms with E-state index in [1.807, 2.05) is 44.2 Å². The van der Waals surface area contributed by atoms with Crippen molar-refractivity contribution in [1.29, 1.82) is 0 Å². The molecule has 2 aromatic heterocycles. The van der Waals surface area contributed by atoms with E-state index in [9.17, 15) is 13.2 Å². The minimum atomic E-state index is -3.85. The zero-order valence-electron chi connectivity index (χ0n) is 16.4. The van der Waals surface area contributed by atoms with Gasteiger partial charge in [0, 0.05) is 6.54 Å². The monoisotopic (exact) mass is 440 g/mol. The first-order chi connectivity index (χ1) is 14.4. The molecule has 0 fully saturated rings. The Hall–Kier alpha value is -3.01. The largest absolute Gasteiger partial charge is 0.324 e. The van der Waals surface area contributed by atoms with Crippen LogP contribution in [0.2, 0.25) is 0 Å². The van der Waals surface area contributed by atoms with E-state index >= 15 is 0 Å². The van der Waals surface area contributed by atoms with Crippen LogP contribution in [0, 0.1) is 6.92 Å². The number of carbonyl (C=O) groups is 1. The number of thiophene rings is 1. The highest BCUT2D eigenvalue weighted by Crippen LogP contribution is 2.30. The van der Waals surface area contributed by atoms with Crippen molar-refractivity contribution in [3.63, 3.8) is 0 Å². The summed E-state index contributed by atoms with van der Waals surface area (Å²) >= 11 is 1.26. The Kier molecular flexibility index (Phi) is 5.42. The molecule has 0 saturated carbocycles. The van der Waals surface area contributed by atoms with Gasteiger partial charge in [0.25, 0.3) is 15.9 Å². The molecule has 0 aliphatic heterocycles. The maximum atomic E-state index is 12.5. The second-order valence-electron chi connectivity index (χ2n) is 6.70. The average molecular weight is 441 g/mol. The molecular weight excluding hydrogens is 420 g/mol. The molecule has 2 N–H and O–H groups in total. The molecular formula is C21H20N4O3S2. The number of hydrogen-bond donors (Lipinski definition) is 2. The number of fused-ring (bicyclic) bond motifs is 1. The molecule has 0 spiro atoms. The van der Waals surface area contributed by atoms with Crippen molar-refractivity contribution < 1.29 is 13.2 Å². The summed E-state index contributed by atoms with van der Waals surface area (Å²) in [4.78, 5) is 20.6. The fraction of sp³-hybridized carbons (Fsp3) is 0.143. The first-order valence-electron chi connectivity index (χ1n) is 9.33. The van der Waals surface area contributed by atoms with Crippen LogP contribution in [-0.2, 0) is 16.6 Å². The molecule has 4 aromatic rings. The van der Waals surface area contributed by atoms with Gasteiger partial charge in [-0.05, 0) is 50.2 Å². The normalized spacial score (nSPS) is 11.7. The van der Waals surface area contributed by atoms with Gasteiger partial charge in [0.15, 0.2) is 5.82 Å². The van der Waals surface area contributed by atoms with Gasteiger partial charge in [-0.2, -0.15) is 0 Å². The summed E-state index contributed by atoms with van der Waals surface area (Å²) < 4.78 is 26.8. The average Bonchev–Trinajstić information content (AvgIpc) is 3.37. The van der Waals surface area contributed by atoms with Crippen LogP contribution in [0.3, 0.4) is 0 Å². The molecule has 9 heteroatoms. The maximum absolute atomic E-state index is 12.5. The maximum Gasteiger partial charge on any atom is 0.276 e. The molecule has 7 nitrogen and oxygen atoms in total.